The third-order valence-corrected chi connectivity index (χ3v) is 3.78. The zero-order valence-electron chi connectivity index (χ0n) is 18.2. The Morgan fingerprint density at radius 3 is 1.80 bits per heavy atom. The molecule has 0 spiro atoms. The number of nitrogens with two attached hydrogens (primary N) is 3. The van der Waals surface area contributed by atoms with Crippen molar-refractivity contribution < 1.29 is 28.2 Å². The van der Waals surface area contributed by atoms with Crippen molar-refractivity contribution in [3.8, 4) is 0 Å². The first-order chi connectivity index (χ1) is 13.7. The number of unbranched alkanes of at least 4 members (excludes halogenated alkanes) is 1. The largest absolute Gasteiger partial charge is 0.481 e. The molecule has 30 heavy (non-hydrogen) atoms. The molecule has 0 aromatic heterocycles. The minimum Gasteiger partial charge on any atom is -0.481 e. The molecule has 1 rings (SSSR count). The summed E-state index contributed by atoms with van der Waals surface area (Å²) in [6.45, 7) is 6.66. The van der Waals surface area contributed by atoms with E-state index in [0.717, 1.165) is 31.1 Å². The molecule has 0 saturated carbocycles. The second-order valence-electron chi connectivity index (χ2n) is 7.46. The lowest BCUT2D eigenvalue weighted by molar-refractivity contribution is -0.139. The Morgan fingerprint density at radius 1 is 1.00 bits per heavy atom. The van der Waals surface area contributed by atoms with Crippen molar-refractivity contribution in [2.45, 2.75) is 58.4 Å². The minimum absolute atomic E-state index is 0.418. The van der Waals surface area contributed by atoms with Crippen molar-refractivity contribution in [2.75, 3.05) is 12.8 Å². The maximum atomic E-state index is 10.8. The number of hydrogen-bond donors (Lipinski definition) is 5. The van der Waals surface area contributed by atoms with E-state index in [2.05, 4.69) is 19.0 Å². The topological polar surface area (TPSA) is 187 Å². The fourth-order valence-electron chi connectivity index (χ4n) is 2.19. The molecule has 2 atom stereocenters. The summed E-state index contributed by atoms with van der Waals surface area (Å²) in [5, 5.41) is 21.5. The van der Waals surface area contributed by atoms with Crippen LogP contribution in [-0.4, -0.2) is 49.4 Å². The molecule has 0 aliphatic heterocycles. The van der Waals surface area contributed by atoms with Crippen LogP contribution >= 0.6 is 0 Å². The molecule has 0 aliphatic rings. The highest BCUT2D eigenvalue weighted by atomic mass is 32.2. The molecule has 0 amide bonds. The van der Waals surface area contributed by atoms with Gasteiger partial charge in [-0.25, -0.2) is 13.6 Å². The number of primary sulfonamides is 1. The van der Waals surface area contributed by atoms with Crippen LogP contribution in [0.2, 0.25) is 0 Å². The molecule has 0 heterocycles. The number of aliphatic carboxylic acids is 2. The summed E-state index contributed by atoms with van der Waals surface area (Å²) in [6.07, 6.45) is 4.15. The average Bonchev–Trinajstić information content (AvgIpc) is 2.60. The molecule has 174 valence electrons. The van der Waals surface area contributed by atoms with Gasteiger partial charge in [-0.2, -0.15) is 0 Å². The van der Waals surface area contributed by atoms with E-state index in [0.29, 0.717) is 18.9 Å². The lowest BCUT2D eigenvalue weighted by Gasteiger charge is -2.09. The van der Waals surface area contributed by atoms with Gasteiger partial charge in [0, 0.05) is 0 Å². The molecule has 8 N–H and O–H groups in total. The minimum atomic E-state index is -3.17. The zero-order chi connectivity index (χ0) is 23.9. The molecule has 0 bridgehead atoms. The maximum Gasteiger partial charge on any atom is 0.320 e. The predicted molar refractivity (Wildman–Crippen MR) is 119 cm³/mol. The van der Waals surface area contributed by atoms with Crippen LogP contribution in [0.25, 0.3) is 0 Å². The molecule has 9 nitrogen and oxygen atoms in total. The van der Waals surface area contributed by atoms with Crippen LogP contribution in [0.4, 0.5) is 0 Å². The van der Waals surface area contributed by atoms with Gasteiger partial charge in [0.25, 0.3) is 0 Å². The molecule has 1 aromatic rings. The first-order valence-electron chi connectivity index (χ1n) is 9.66. The quantitative estimate of drug-likeness (QED) is 0.352. The molecule has 0 radical (unpaired) electrons. The van der Waals surface area contributed by atoms with Crippen LogP contribution in [0.3, 0.4) is 0 Å². The maximum absolute atomic E-state index is 10.8. The molecule has 0 aliphatic carbocycles. The van der Waals surface area contributed by atoms with Crippen molar-refractivity contribution in [3.63, 3.8) is 0 Å². The fraction of sp³-hybridized carbons (Fsp3) is 0.600. The Morgan fingerprint density at radius 2 is 1.47 bits per heavy atom. The van der Waals surface area contributed by atoms with E-state index < -0.39 is 33.9 Å². The second-order valence-corrected chi connectivity index (χ2v) is 9.12. The number of carboxylic acid groups (broad SMARTS) is 2. The summed E-state index contributed by atoms with van der Waals surface area (Å²) in [4.78, 5) is 20.9. The highest BCUT2D eigenvalue weighted by Crippen LogP contribution is 2.17. The van der Waals surface area contributed by atoms with Crippen molar-refractivity contribution in [1.29, 1.82) is 0 Å². The van der Waals surface area contributed by atoms with Gasteiger partial charge in [-0.1, -0.05) is 44.5 Å². The van der Waals surface area contributed by atoms with Crippen LogP contribution < -0.4 is 16.6 Å². The van der Waals surface area contributed by atoms with Crippen LogP contribution in [0, 0.1) is 5.92 Å². The molecule has 0 unspecified atom stereocenters. The normalized spacial score (nSPS) is 12.7. The Balaban J connectivity index is 0. The Bertz CT molecular complexity index is 713. The van der Waals surface area contributed by atoms with Crippen molar-refractivity contribution in [1.82, 2.24) is 0 Å². The summed E-state index contributed by atoms with van der Waals surface area (Å²) < 4.78 is 18.8. The van der Waals surface area contributed by atoms with E-state index in [9.17, 15) is 18.0 Å². The van der Waals surface area contributed by atoms with Gasteiger partial charge < -0.3 is 21.7 Å². The van der Waals surface area contributed by atoms with Crippen LogP contribution in [0.15, 0.2) is 24.3 Å². The van der Waals surface area contributed by atoms with E-state index in [-0.39, 0.29) is 0 Å². The van der Waals surface area contributed by atoms with Crippen LogP contribution in [0.1, 0.15) is 57.1 Å². The first-order valence-corrected chi connectivity index (χ1v) is 11.6. The number of carboxylic acids is 2. The number of hydrogen-bond acceptors (Lipinski definition) is 6. The van der Waals surface area contributed by atoms with Gasteiger partial charge in [-0.05, 0) is 49.8 Å². The average molecular weight is 448 g/mol. The highest BCUT2D eigenvalue weighted by molar-refractivity contribution is 7.88. The van der Waals surface area contributed by atoms with Gasteiger partial charge in [0.15, 0.2) is 0 Å². The number of rotatable bonds is 9. The summed E-state index contributed by atoms with van der Waals surface area (Å²) in [5.74, 6) is -1.49. The van der Waals surface area contributed by atoms with Crippen LogP contribution in [-0.2, 0) is 26.0 Å². The third kappa shape index (κ3) is 19.3. The summed E-state index contributed by atoms with van der Waals surface area (Å²) in [7, 11) is -3.17. The number of sulfonamides is 1. The number of carbonyl (C=O) groups is 2. The first kappa shape index (κ1) is 30.2. The predicted octanol–water partition coefficient (Wildman–Crippen LogP) is 1.51. The van der Waals surface area contributed by atoms with E-state index in [4.69, 9.17) is 21.7 Å². The summed E-state index contributed by atoms with van der Waals surface area (Å²) >= 11 is 0. The van der Waals surface area contributed by atoms with E-state index in [1.54, 1.807) is 6.92 Å². The number of benzene rings is 1. The lowest BCUT2D eigenvalue weighted by Crippen LogP contribution is -2.29. The third-order valence-electron chi connectivity index (χ3n) is 3.78. The summed E-state index contributed by atoms with van der Waals surface area (Å²) in [6, 6.07) is 7.16. The smallest absolute Gasteiger partial charge is 0.320 e. The molecular formula is C20H37N3O6S. The van der Waals surface area contributed by atoms with Gasteiger partial charge in [0.05, 0.1) is 12.2 Å². The second kappa shape index (κ2) is 15.8. The van der Waals surface area contributed by atoms with Gasteiger partial charge in [0.2, 0.25) is 10.0 Å². The monoisotopic (exact) mass is 447 g/mol. The highest BCUT2D eigenvalue weighted by Gasteiger charge is 2.13. The Labute approximate surface area is 179 Å². The molecule has 10 heteroatoms. The molecule has 0 saturated heterocycles. The fourth-order valence-corrected chi connectivity index (χ4v) is 2.19. The van der Waals surface area contributed by atoms with Crippen molar-refractivity contribution in [2.24, 2.45) is 22.5 Å². The summed E-state index contributed by atoms with van der Waals surface area (Å²) in [5.41, 5.74) is 12.6. The van der Waals surface area contributed by atoms with E-state index >= 15 is 0 Å². The lowest BCUT2D eigenvalue weighted by atomic mass is 9.97. The van der Waals surface area contributed by atoms with E-state index in [1.165, 1.54) is 5.56 Å². The molecule has 0 fully saturated rings. The van der Waals surface area contributed by atoms with Gasteiger partial charge in [-0.3, -0.25) is 9.59 Å². The SMILES string of the molecule is CC(C)Cc1ccc([C@@H](C)C(=O)O)cc1.CS(N)(=O)=O.NCCCC[C@H](N)C(=O)O. The molecule has 1 aromatic carbocycles. The van der Waals surface area contributed by atoms with Gasteiger partial charge in [0.1, 0.15) is 6.04 Å². The Kier molecular flexibility index (Phi) is 15.9. The Hall–Kier alpha value is -2.01. The van der Waals surface area contributed by atoms with Crippen molar-refractivity contribution >= 4 is 22.0 Å². The van der Waals surface area contributed by atoms with Crippen LogP contribution in [0.5, 0.6) is 0 Å². The van der Waals surface area contributed by atoms with Gasteiger partial charge in [-0.15, -0.1) is 0 Å². The standard InChI is InChI=1S/C13H18O2.C6H14N2O2.CH5NO2S/c1-9(2)8-11-4-6-12(7-5-11)10(3)13(14)15;7-4-2-1-3-5(8)6(9)10;1-5(2,3)4/h4-7,9-10H,8H2,1-3H3,(H,14,15);5H,1-4,7-8H2,(H,9,10);1H3,(H2,2,3,4)/t10-;5-;/m10./s1. The molecular weight excluding hydrogens is 410 g/mol. The zero-order valence-corrected chi connectivity index (χ0v) is 19.1. The van der Waals surface area contributed by atoms with Crippen molar-refractivity contribution in [3.05, 3.63) is 35.4 Å². The van der Waals surface area contributed by atoms with Gasteiger partial charge >= 0.3 is 11.9 Å². The van der Waals surface area contributed by atoms with E-state index in [1.807, 2.05) is 24.3 Å².